The summed E-state index contributed by atoms with van der Waals surface area (Å²) in [5.74, 6) is 3.39. The second-order valence-electron chi connectivity index (χ2n) is 5.56. The van der Waals surface area contributed by atoms with Crippen LogP contribution in [0.1, 0.15) is 31.8 Å². The summed E-state index contributed by atoms with van der Waals surface area (Å²) in [6, 6.07) is 21.3. The van der Waals surface area contributed by atoms with Crippen LogP contribution in [-0.4, -0.2) is 22.2 Å². The van der Waals surface area contributed by atoms with Crippen LogP contribution in [0.25, 0.3) is 11.1 Å². The van der Waals surface area contributed by atoms with E-state index in [4.69, 9.17) is 5.11 Å². The number of hydrogen-bond acceptors (Lipinski definition) is 2. The summed E-state index contributed by atoms with van der Waals surface area (Å²) < 4.78 is 0. The highest BCUT2D eigenvalue weighted by atomic mass is 16.4. The van der Waals surface area contributed by atoms with E-state index in [2.05, 4.69) is 11.8 Å². The molecular formula is C22H14O4. The first kappa shape index (κ1) is 17.0. The van der Waals surface area contributed by atoms with Gasteiger partial charge in [-0.2, -0.15) is 0 Å². The van der Waals surface area contributed by atoms with Gasteiger partial charge in [-0.05, 0) is 41.5 Å². The van der Waals surface area contributed by atoms with Gasteiger partial charge in [0.25, 0.3) is 0 Å². The molecule has 0 unspecified atom stereocenters. The highest BCUT2D eigenvalue weighted by Gasteiger charge is 2.12. The molecule has 3 aromatic rings. The smallest absolute Gasteiger partial charge is 0.336 e. The molecule has 3 aromatic carbocycles. The third-order valence-corrected chi connectivity index (χ3v) is 3.83. The average Bonchev–Trinajstić information content (AvgIpc) is 2.67. The zero-order valence-corrected chi connectivity index (χ0v) is 13.6. The van der Waals surface area contributed by atoms with Crippen LogP contribution in [0.5, 0.6) is 0 Å². The summed E-state index contributed by atoms with van der Waals surface area (Å²) in [6.45, 7) is 0. The predicted octanol–water partition coefficient (Wildman–Crippen LogP) is 4.15. The summed E-state index contributed by atoms with van der Waals surface area (Å²) in [6.07, 6.45) is 0. The Bertz CT molecular complexity index is 1020. The number of rotatable bonds is 3. The first-order chi connectivity index (χ1) is 12.5. The lowest BCUT2D eigenvalue weighted by Gasteiger charge is -2.02. The SMILES string of the molecule is O=C(O)c1ccc(C(=O)O)c(C#Cc2ccc(-c3ccccc3)cc2)c1. The molecule has 3 rings (SSSR count). The van der Waals surface area contributed by atoms with E-state index in [9.17, 15) is 14.7 Å². The molecule has 0 amide bonds. The Kier molecular flexibility index (Phi) is 4.82. The molecule has 0 atom stereocenters. The fourth-order valence-corrected chi connectivity index (χ4v) is 2.48. The Morgan fingerprint density at radius 1 is 0.692 bits per heavy atom. The molecule has 0 aliphatic carbocycles. The van der Waals surface area contributed by atoms with E-state index in [1.807, 2.05) is 54.6 Å². The molecule has 0 aromatic heterocycles. The summed E-state index contributed by atoms with van der Waals surface area (Å²) in [5.41, 5.74) is 3.00. The Balaban J connectivity index is 1.93. The fourth-order valence-electron chi connectivity index (χ4n) is 2.48. The van der Waals surface area contributed by atoms with Gasteiger partial charge in [0.1, 0.15) is 0 Å². The highest BCUT2D eigenvalue weighted by molar-refractivity contribution is 5.94. The van der Waals surface area contributed by atoms with E-state index >= 15 is 0 Å². The average molecular weight is 342 g/mol. The molecule has 2 N–H and O–H groups in total. The third kappa shape index (κ3) is 3.80. The van der Waals surface area contributed by atoms with Crippen molar-refractivity contribution in [3.05, 3.63) is 95.1 Å². The second-order valence-corrected chi connectivity index (χ2v) is 5.56. The molecule has 26 heavy (non-hydrogen) atoms. The monoisotopic (exact) mass is 342 g/mol. The highest BCUT2D eigenvalue weighted by Crippen LogP contribution is 2.19. The van der Waals surface area contributed by atoms with Crippen molar-refractivity contribution in [2.75, 3.05) is 0 Å². The van der Waals surface area contributed by atoms with Crippen LogP contribution in [0.4, 0.5) is 0 Å². The van der Waals surface area contributed by atoms with Crippen LogP contribution in [0, 0.1) is 11.8 Å². The van der Waals surface area contributed by atoms with Crippen LogP contribution in [0.15, 0.2) is 72.8 Å². The van der Waals surface area contributed by atoms with Crippen molar-refractivity contribution in [3.63, 3.8) is 0 Å². The minimum Gasteiger partial charge on any atom is -0.478 e. The number of carboxylic acids is 2. The molecule has 0 aliphatic heterocycles. The van der Waals surface area contributed by atoms with Gasteiger partial charge in [0, 0.05) is 11.1 Å². The van der Waals surface area contributed by atoms with Gasteiger partial charge in [-0.1, -0.05) is 54.3 Å². The van der Waals surface area contributed by atoms with Crippen LogP contribution in [0.2, 0.25) is 0 Å². The predicted molar refractivity (Wildman–Crippen MR) is 98.2 cm³/mol. The third-order valence-electron chi connectivity index (χ3n) is 3.83. The van der Waals surface area contributed by atoms with Crippen molar-refractivity contribution in [1.82, 2.24) is 0 Å². The van der Waals surface area contributed by atoms with E-state index in [1.54, 1.807) is 0 Å². The van der Waals surface area contributed by atoms with Crippen LogP contribution < -0.4 is 0 Å². The van der Waals surface area contributed by atoms with E-state index in [1.165, 1.54) is 18.2 Å². The first-order valence-electron chi connectivity index (χ1n) is 7.83. The van der Waals surface area contributed by atoms with E-state index in [0.717, 1.165) is 11.1 Å². The second kappa shape index (κ2) is 7.37. The topological polar surface area (TPSA) is 74.6 Å². The van der Waals surface area contributed by atoms with Gasteiger partial charge in [-0.25, -0.2) is 9.59 Å². The summed E-state index contributed by atoms with van der Waals surface area (Å²) in [7, 11) is 0. The standard InChI is InChI=1S/C22H14O4/c23-21(24)19-12-13-20(22(25)26)18(14-19)11-8-15-6-9-17(10-7-15)16-4-2-1-3-5-16/h1-7,9-10,12-14H,(H,23,24)(H,25,26). The Labute approximate surface area is 150 Å². The van der Waals surface area contributed by atoms with Crippen LogP contribution >= 0.6 is 0 Å². The van der Waals surface area contributed by atoms with Crippen molar-refractivity contribution in [2.24, 2.45) is 0 Å². The largest absolute Gasteiger partial charge is 0.478 e. The van der Waals surface area contributed by atoms with Crippen molar-refractivity contribution in [2.45, 2.75) is 0 Å². The van der Waals surface area contributed by atoms with Crippen molar-refractivity contribution >= 4 is 11.9 Å². The number of benzene rings is 3. The number of carbonyl (C=O) groups is 2. The molecule has 0 saturated heterocycles. The molecule has 126 valence electrons. The van der Waals surface area contributed by atoms with Gasteiger partial charge >= 0.3 is 11.9 Å². The zero-order valence-electron chi connectivity index (χ0n) is 13.6. The minimum absolute atomic E-state index is 0.00118. The molecule has 0 radical (unpaired) electrons. The minimum atomic E-state index is -1.15. The van der Waals surface area contributed by atoms with Crippen molar-refractivity contribution in [1.29, 1.82) is 0 Å². The lowest BCUT2D eigenvalue weighted by atomic mass is 10.0. The maximum Gasteiger partial charge on any atom is 0.336 e. The van der Waals surface area contributed by atoms with Gasteiger partial charge < -0.3 is 10.2 Å². The van der Waals surface area contributed by atoms with Crippen molar-refractivity contribution in [3.8, 4) is 23.0 Å². The van der Waals surface area contributed by atoms with E-state index in [0.29, 0.717) is 5.56 Å². The molecule has 4 heteroatoms. The fraction of sp³-hybridized carbons (Fsp3) is 0. The van der Waals surface area contributed by atoms with Gasteiger partial charge in [-0.3, -0.25) is 0 Å². The van der Waals surface area contributed by atoms with E-state index in [-0.39, 0.29) is 16.7 Å². The Morgan fingerprint density at radius 3 is 1.96 bits per heavy atom. The molecule has 0 saturated carbocycles. The normalized spacial score (nSPS) is 9.85. The summed E-state index contributed by atoms with van der Waals surface area (Å²) in [4.78, 5) is 22.4. The molecule has 0 bridgehead atoms. The number of aromatic carboxylic acids is 2. The Hall–Kier alpha value is -3.84. The van der Waals surface area contributed by atoms with Crippen molar-refractivity contribution < 1.29 is 19.8 Å². The van der Waals surface area contributed by atoms with Crippen LogP contribution in [0.3, 0.4) is 0 Å². The lowest BCUT2D eigenvalue weighted by Crippen LogP contribution is -2.03. The molecule has 0 heterocycles. The first-order valence-corrected chi connectivity index (χ1v) is 7.83. The van der Waals surface area contributed by atoms with E-state index < -0.39 is 11.9 Å². The van der Waals surface area contributed by atoms with Gasteiger partial charge in [0.2, 0.25) is 0 Å². The molecule has 0 fully saturated rings. The van der Waals surface area contributed by atoms with Gasteiger partial charge in [0.05, 0.1) is 11.1 Å². The quantitative estimate of drug-likeness (QED) is 0.701. The van der Waals surface area contributed by atoms with Gasteiger partial charge in [-0.15, -0.1) is 0 Å². The maximum atomic E-state index is 11.3. The zero-order chi connectivity index (χ0) is 18.5. The number of hydrogen-bond donors (Lipinski definition) is 2. The molecule has 0 spiro atoms. The molecular weight excluding hydrogens is 328 g/mol. The van der Waals surface area contributed by atoms with Gasteiger partial charge in [0.15, 0.2) is 0 Å². The van der Waals surface area contributed by atoms with Crippen LogP contribution in [-0.2, 0) is 0 Å². The number of carboxylic acid groups (broad SMARTS) is 2. The summed E-state index contributed by atoms with van der Waals surface area (Å²) >= 11 is 0. The Morgan fingerprint density at radius 2 is 1.35 bits per heavy atom. The molecule has 4 nitrogen and oxygen atoms in total. The summed E-state index contributed by atoms with van der Waals surface area (Å²) in [5, 5.41) is 18.3. The maximum absolute atomic E-state index is 11.3. The molecule has 0 aliphatic rings. The lowest BCUT2D eigenvalue weighted by molar-refractivity contribution is 0.0681.